The Bertz CT molecular complexity index is 504. The zero-order chi connectivity index (χ0) is 13.9. The van der Waals surface area contributed by atoms with Crippen molar-refractivity contribution >= 4 is 9.84 Å². The molecular weight excluding hydrogens is 258 g/mol. The Morgan fingerprint density at radius 3 is 2.32 bits per heavy atom. The van der Waals surface area contributed by atoms with E-state index >= 15 is 0 Å². The highest BCUT2D eigenvalue weighted by Gasteiger charge is 2.40. The van der Waals surface area contributed by atoms with Crippen LogP contribution in [-0.4, -0.2) is 26.5 Å². The maximum absolute atomic E-state index is 11.3. The molecule has 1 aromatic carbocycles. The fourth-order valence-corrected chi connectivity index (χ4v) is 3.95. The second kappa shape index (κ2) is 5.63. The molecule has 1 aliphatic rings. The van der Waals surface area contributed by atoms with Crippen molar-refractivity contribution in [2.24, 2.45) is 5.73 Å². The van der Waals surface area contributed by atoms with E-state index in [1.54, 1.807) is 0 Å². The first kappa shape index (κ1) is 14.5. The number of hydrogen-bond acceptors (Lipinski definition) is 3. The molecule has 0 radical (unpaired) electrons. The summed E-state index contributed by atoms with van der Waals surface area (Å²) in [4.78, 5) is 0. The number of nitrogens with two attached hydrogens (primary N) is 1. The highest BCUT2D eigenvalue weighted by atomic mass is 32.2. The van der Waals surface area contributed by atoms with E-state index in [9.17, 15) is 8.42 Å². The lowest BCUT2D eigenvalue weighted by atomic mass is 9.72. The molecule has 0 heterocycles. The first-order valence-electron chi connectivity index (χ1n) is 6.93. The van der Waals surface area contributed by atoms with Crippen LogP contribution in [0.1, 0.15) is 37.7 Å². The summed E-state index contributed by atoms with van der Waals surface area (Å²) in [5.41, 5.74) is 7.64. The zero-order valence-corrected chi connectivity index (χ0v) is 12.3. The summed E-state index contributed by atoms with van der Waals surface area (Å²) >= 11 is 0. The van der Waals surface area contributed by atoms with Crippen molar-refractivity contribution in [3.8, 4) is 0 Å². The SMILES string of the molecule is CS(=O)(=O)CCC(N)C1(c2ccccc2)CCCC1. The first-order chi connectivity index (χ1) is 8.94. The van der Waals surface area contributed by atoms with Crippen LogP contribution >= 0.6 is 0 Å². The van der Waals surface area contributed by atoms with Crippen LogP contribution in [0.25, 0.3) is 0 Å². The summed E-state index contributed by atoms with van der Waals surface area (Å²) in [5, 5.41) is 0. The van der Waals surface area contributed by atoms with Crippen molar-refractivity contribution in [1.82, 2.24) is 0 Å². The van der Waals surface area contributed by atoms with Gasteiger partial charge in [-0.3, -0.25) is 0 Å². The van der Waals surface area contributed by atoms with E-state index in [4.69, 9.17) is 5.73 Å². The predicted octanol–water partition coefficient (Wildman–Crippen LogP) is 2.26. The van der Waals surface area contributed by atoms with E-state index in [0.29, 0.717) is 6.42 Å². The van der Waals surface area contributed by atoms with E-state index in [1.165, 1.54) is 24.7 Å². The third-order valence-electron chi connectivity index (χ3n) is 4.35. The van der Waals surface area contributed by atoms with Gasteiger partial charge in [0.05, 0.1) is 5.75 Å². The lowest BCUT2D eigenvalue weighted by molar-refractivity contribution is 0.342. The third-order valence-corrected chi connectivity index (χ3v) is 5.33. The fourth-order valence-electron chi connectivity index (χ4n) is 3.27. The maximum atomic E-state index is 11.3. The molecule has 0 spiro atoms. The van der Waals surface area contributed by atoms with Gasteiger partial charge in [-0.2, -0.15) is 0 Å². The first-order valence-corrected chi connectivity index (χ1v) is 8.99. The second-order valence-corrected chi connectivity index (χ2v) is 8.01. The molecule has 2 N–H and O–H groups in total. The van der Waals surface area contributed by atoms with Gasteiger partial charge in [0.2, 0.25) is 0 Å². The lowest BCUT2D eigenvalue weighted by Gasteiger charge is -2.36. The molecular formula is C15H23NO2S. The molecule has 1 fully saturated rings. The van der Waals surface area contributed by atoms with Crippen LogP contribution < -0.4 is 5.73 Å². The van der Waals surface area contributed by atoms with Crippen LogP contribution in [0.2, 0.25) is 0 Å². The largest absolute Gasteiger partial charge is 0.327 e. The molecule has 0 amide bonds. The smallest absolute Gasteiger partial charge is 0.147 e. The molecule has 1 unspecified atom stereocenters. The predicted molar refractivity (Wildman–Crippen MR) is 78.9 cm³/mol. The van der Waals surface area contributed by atoms with E-state index in [-0.39, 0.29) is 17.2 Å². The molecule has 3 nitrogen and oxygen atoms in total. The van der Waals surface area contributed by atoms with Crippen LogP contribution in [0.5, 0.6) is 0 Å². The number of rotatable bonds is 5. The summed E-state index contributed by atoms with van der Waals surface area (Å²) in [6.45, 7) is 0. The van der Waals surface area contributed by atoms with E-state index in [0.717, 1.165) is 12.8 Å². The van der Waals surface area contributed by atoms with Gasteiger partial charge in [-0.1, -0.05) is 43.2 Å². The van der Waals surface area contributed by atoms with Gasteiger partial charge in [-0.15, -0.1) is 0 Å². The van der Waals surface area contributed by atoms with E-state index in [1.807, 2.05) is 18.2 Å². The molecule has 0 aliphatic heterocycles. The normalized spacial score (nSPS) is 20.3. The molecule has 0 aromatic heterocycles. The molecule has 1 aliphatic carbocycles. The van der Waals surface area contributed by atoms with Crippen molar-refractivity contribution in [1.29, 1.82) is 0 Å². The highest BCUT2D eigenvalue weighted by molar-refractivity contribution is 7.90. The average molecular weight is 281 g/mol. The molecule has 0 saturated heterocycles. The lowest BCUT2D eigenvalue weighted by Crippen LogP contribution is -2.44. The molecule has 4 heteroatoms. The summed E-state index contributed by atoms with van der Waals surface area (Å²) in [5.74, 6) is 0.183. The number of benzene rings is 1. The number of hydrogen-bond donors (Lipinski definition) is 1. The van der Waals surface area contributed by atoms with Gasteiger partial charge in [0.25, 0.3) is 0 Å². The zero-order valence-electron chi connectivity index (χ0n) is 11.5. The van der Waals surface area contributed by atoms with Crippen molar-refractivity contribution in [3.63, 3.8) is 0 Å². The standard InChI is InChI=1S/C15H23NO2S/c1-19(17,18)12-9-14(16)15(10-5-6-11-15)13-7-3-2-4-8-13/h2-4,7-8,14H,5-6,9-12,16H2,1H3. The third kappa shape index (κ3) is 3.37. The van der Waals surface area contributed by atoms with Gasteiger partial charge in [0.1, 0.15) is 9.84 Å². The van der Waals surface area contributed by atoms with Crippen LogP contribution in [-0.2, 0) is 15.3 Å². The summed E-state index contributed by atoms with van der Waals surface area (Å²) in [6, 6.07) is 10.3. The van der Waals surface area contributed by atoms with Gasteiger partial charge in [-0.25, -0.2) is 8.42 Å². The Kier molecular flexibility index (Phi) is 4.31. The molecule has 1 aromatic rings. The Morgan fingerprint density at radius 1 is 1.21 bits per heavy atom. The van der Waals surface area contributed by atoms with Crippen LogP contribution in [0.15, 0.2) is 30.3 Å². The van der Waals surface area contributed by atoms with Crippen molar-refractivity contribution < 1.29 is 8.42 Å². The summed E-state index contributed by atoms with van der Waals surface area (Å²) < 4.78 is 22.7. The Hall–Kier alpha value is -0.870. The minimum Gasteiger partial charge on any atom is -0.327 e. The van der Waals surface area contributed by atoms with Crippen molar-refractivity contribution in [2.45, 2.75) is 43.6 Å². The van der Waals surface area contributed by atoms with Crippen molar-refractivity contribution in [2.75, 3.05) is 12.0 Å². The Morgan fingerprint density at radius 2 is 1.79 bits per heavy atom. The van der Waals surface area contributed by atoms with Crippen LogP contribution in [0.4, 0.5) is 0 Å². The highest BCUT2D eigenvalue weighted by Crippen LogP contribution is 2.44. The molecule has 19 heavy (non-hydrogen) atoms. The van der Waals surface area contributed by atoms with Crippen molar-refractivity contribution in [3.05, 3.63) is 35.9 Å². The molecule has 2 rings (SSSR count). The molecule has 1 saturated carbocycles. The fraction of sp³-hybridized carbons (Fsp3) is 0.600. The average Bonchev–Trinajstić information content (AvgIpc) is 2.87. The molecule has 0 bridgehead atoms. The van der Waals surface area contributed by atoms with E-state index in [2.05, 4.69) is 12.1 Å². The van der Waals surface area contributed by atoms with Gasteiger partial charge >= 0.3 is 0 Å². The minimum atomic E-state index is -2.94. The monoisotopic (exact) mass is 281 g/mol. The van der Waals surface area contributed by atoms with Crippen LogP contribution in [0.3, 0.4) is 0 Å². The quantitative estimate of drug-likeness (QED) is 0.900. The second-order valence-electron chi connectivity index (χ2n) is 5.75. The molecule has 106 valence electrons. The Balaban J connectivity index is 2.20. The van der Waals surface area contributed by atoms with Crippen LogP contribution in [0, 0.1) is 0 Å². The van der Waals surface area contributed by atoms with E-state index < -0.39 is 9.84 Å². The minimum absolute atomic E-state index is 0.0219. The maximum Gasteiger partial charge on any atom is 0.147 e. The topological polar surface area (TPSA) is 60.2 Å². The van der Waals surface area contributed by atoms with Gasteiger partial charge in [0.15, 0.2) is 0 Å². The van der Waals surface area contributed by atoms with Gasteiger partial charge in [-0.05, 0) is 24.8 Å². The number of sulfone groups is 1. The summed E-state index contributed by atoms with van der Waals surface area (Å²) in [6.07, 6.45) is 6.34. The van der Waals surface area contributed by atoms with Gasteiger partial charge < -0.3 is 5.73 Å². The molecule has 1 atom stereocenters. The van der Waals surface area contributed by atoms with Gasteiger partial charge in [0, 0.05) is 17.7 Å². The summed E-state index contributed by atoms with van der Waals surface area (Å²) in [7, 11) is -2.94. The Labute approximate surface area is 116 Å².